The average Bonchev–Trinajstić information content (AvgIpc) is 2.53. The minimum Gasteiger partial charge on any atom is -0.497 e. The highest BCUT2D eigenvalue weighted by Gasteiger charge is 2.08. The van der Waals surface area contributed by atoms with Crippen LogP contribution in [0.2, 0.25) is 0 Å². The van der Waals surface area contributed by atoms with Gasteiger partial charge in [0.2, 0.25) is 0 Å². The molecular weight excluding hydrogens is 270 g/mol. The number of methoxy groups -OCH3 is 2. The largest absolute Gasteiger partial charge is 0.497 e. The molecule has 6 nitrogen and oxygen atoms in total. The van der Waals surface area contributed by atoms with Crippen LogP contribution in [0.3, 0.4) is 0 Å². The number of carbonyl (C=O) groups excluding carboxylic acids is 1. The van der Waals surface area contributed by atoms with E-state index in [0.29, 0.717) is 19.7 Å². The Labute approximate surface area is 124 Å². The monoisotopic (exact) mass is 289 g/mol. The maximum absolute atomic E-state index is 11.8. The highest BCUT2D eigenvalue weighted by Crippen LogP contribution is 2.11. The van der Waals surface area contributed by atoms with Gasteiger partial charge in [-0.05, 0) is 17.7 Å². The highest BCUT2D eigenvalue weighted by atomic mass is 16.5. The SMILES string of the molecule is COCCN/C=C(/C#N)C(=O)NCc1ccc(OC)cc1. The Morgan fingerprint density at radius 1 is 1.33 bits per heavy atom. The van der Waals surface area contributed by atoms with Crippen molar-refractivity contribution in [2.45, 2.75) is 6.54 Å². The Kier molecular flexibility index (Phi) is 7.40. The molecule has 0 bridgehead atoms. The van der Waals surface area contributed by atoms with Crippen molar-refractivity contribution in [3.05, 3.63) is 41.6 Å². The predicted molar refractivity (Wildman–Crippen MR) is 78.4 cm³/mol. The molecule has 2 N–H and O–H groups in total. The summed E-state index contributed by atoms with van der Waals surface area (Å²) in [5.41, 5.74) is 0.952. The summed E-state index contributed by atoms with van der Waals surface area (Å²) < 4.78 is 9.91. The molecule has 0 aromatic heterocycles. The number of carbonyl (C=O) groups is 1. The fourth-order valence-corrected chi connectivity index (χ4v) is 1.50. The lowest BCUT2D eigenvalue weighted by Crippen LogP contribution is -2.25. The first kappa shape index (κ1) is 16.5. The Bertz CT molecular complexity index is 518. The van der Waals surface area contributed by atoms with Gasteiger partial charge in [0.15, 0.2) is 0 Å². The van der Waals surface area contributed by atoms with E-state index in [4.69, 9.17) is 14.7 Å². The van der Waals surface area contributed by atoms with Gasteiger partial charge in [0.1, 0.15) is 17.4 Å². The van der Waals surface area contributed by atoms with E-state index in [9.17, 15) is 4.79 Å². The molecule has 1 aromatic carbocycles. The number of hydrogen-bond donors (Lipinski definition) is 2. The van der Waals surface area contributed by atoms with E-state index >= 15 is 0 Å². The first-order chi connectivity index (χ1) is 10.2. The molecule has 1 aromatic rings. The number of amides is 1. The van der Waals surface area contributed by atoms with Gasteiger partial charge in [-0.3, -0.25) is 4.79 Å². The zero-order valence-electron chi connectivity index (χ0n) is 12.2. The van der Waals surface area contributed by atoms with Gasteiger partial charge in [0.25, 0.3) is 5.91 Å². The summed E-state index contributed by atoms with van der Waals surface area (Å²) in [6, 6.07) is 9.19. The number of ether oxygens (including phenoxy) is 2. The Morgan fingerprint density at radius 3 is 2.62 bits per heavy atom. The first-order valence-corrected chi connectivity index (χ1v) is 6.45. The van der Waals surface area contributed by atoms with Gasteiger partial charge in [-0.15, -0.1) is 0 Å². The second-order valence-electron chi connectivity index (χ2n) is 4.15. The smallest absolute Gasteiger partial charge is 0.263 e. The zero-order valence-corrected chi connectivity index (χ0v) is 12.2. The van der Waals surface area contributed by atoms with Crippen molar-refractivity contribution in [1.82, 2.24) is 10.6 Å². The molecule has 0 aliphatic heterocycles. The van der Waals surface area contributed by atoms with Crippen LogP contribution in [0.25, 0.3) is 0 Å². The fourth-order valence-electron chi connectivity index (χ4n) is 1.50. The second-order valence-corrected chi connectivity index (χ2v) is 4.15. The number of nitrogens with zero attached hydrogens (tertiary/aromatic N) is 1. The lowest BCUT2D eigenvalue weighted by atomic mass is 10.2. The van der Waals surface area contributed by atoms with Gasteiger partial charge in [-0.1, -0.05) is 12.1 Å². The van der Waals surface area contributed by atoms with Gasteiger partial charge in [0, 0.05) is 26.4 Å². The summed E-state index contributed by atoms with van der Waals surface area (Å²) in [5, 5.41) is 14.5. The quantitative estimate of drug-likeness (QED) is 0.423. The van der Waals surface area contributed by atoms with Crippen molar-refractivity contribution < 1.29 is 14.3 Å². The molecule has 1 rings (SSSR count). The summed E-state index contributed by atoms with van der Waals surface area (Å²) in [6.07, 6.45) is 1.39. The average molecular weight is 289 g/mol. The lowest BCUT2D eigenvalue weighted by molar-refractivity contribution is -0.117. The lowest BCUT2D eigenvalue weighted by Gasteiger charge is -2.06. The van der Waals surface area contributed by atoms with Crippen LogP contribution in [0.1, 0.15) is 5.56 Å². The first-order valence-electron chi connectivity index (χ1n) is 6.45. The van der Waals surface area contributed by atoms with Crippen LogP contribution < -0.4 is 15.4 Å². The van der Waals surface area contributed by atoms with Gasteiger partial charge in [-0.25, -0.2) is 0 Å². The summed E-state index contributed by atoms with van der Waals surface area (Å²) in [7, 11) is 3.18. The van der Waals surface area contributed by atoms with Crippen LogP contribution in [0.15, 0.2) is 36.0 Å². The van der Waals surface area contributed by atoms with Crippen molar-refractivity contribution in [2.24, 2.45) is 0 Å². The van der Waals surface area contributed by atoms with Crippen LogP contribution >= 0.6 is 0 Å². The molecule has 0 spiro atoms. The third-order valence-corrected chi connectivity index (χ3v) is 2.67. The van der Waals surface area contributed by atoms with E-state index in [1.165, 1.54) is 6.20 Å². The third-order valence-electron chi connectivity index (χ3n) is 2.67. The molecular formula is C15H19N3O3. The van der Waals surface area contributed by atoms with Gasteiger partial charge in [0.05, 0.1) is 13.7 Å². The van der Waals surface area contributed by atoms with E-state index in [2.05, 4.69) is 10.6 Å². The van der Waals surface area contributed by atoms with E-state index in [-0.39, 0.29) is 5.57 Å². The van der Waals surface area contributed by atoms with Crippen molar-refractivity contribution in [3.63, 3.8) is 0 Å². The molecule has 21 heavy (non-hydrogen) atoms. The normalized spacial score (nSPS) is 10.6. The molecule has 0 saturated heterocycles. The molecule has 6 heteroatoms. The molecule has 0 unspecified atom stereocenters. The zero-order chi connectivity index (χ0) is 15.5. The Balaban J connectivity index is 2.48. The minimum atomic E-state index is -0.418. The van der Waals surface area contributed by atoms with Crippen molar-refractivity contribution in [2.75, 3.05) is 27.4 Å². The van der Waals surface area contributed by atoms with Gasteiger partial charge in [-0.2, -0.15) is 5.26 Å². The van der Waals surface area contributed by atoms with E-state index in [1.807, 2.05) is 30.3 Å². The number of benzene rings is 1. The number of hydrogen-bond acceptors (Lipinski definition) is 5. The fraction of sp³-hybridized carbons (Fsp3) is 0.333. The predicted octanol–water partition coefficient (Wildman–Crippen LogP) is 0.955. The van der Waals surface area contributed by atoms with Gasteiger partial charge >= 0.3 is 0 Å². The molecule has 0 fully saturated rings. The van der Waals surface area contributed by atoms with E-state index in [0.717, 1.165) is 11.3 Å². The van der Waals surface area contributed by atoms with Crippen LogP contribution in [-0.4, -0.2) is 33.3 Å². The van der Waals surface area contributed by atoms with Crippen molar-refractivity contribution >= 4 is 5.91 Å². The summed E-state index contributed by atoms with van der Waals surface area (Å²) in [5.74, 6) is 0.336. The number of nitrogens with one attached hydrogen (secondary N) is 2. The summed E-state index contributed by atoms with van der Waals surface area (Å²) >= 11 is 0. The van der Waals surface area contributed by atoms with Crippen LogP contribution in [-0.2, 0) is 16.1 Å². The van der Waals surface area contributed by atoms with Gasteiger partial charge < -0.3 is 20.1 Å². The van der Waals surface area contributed by atoms with Crippen LogP contribution in [0, 0.1) is 11.3 Å². The molecule has 0 aliphatic rings. The maximum atomic E-state index is 11.8. The standard InChI is InChI=1S/C15H19N3O3/c1-20-8-7-17-11-13(9-16)15(19)18-10-12-3-5-14(21-2)6-4-12/h3-6,11,17H,7-8,10H2,1-2H3,(H,18,19)/b13-11-. The van der Waals surface area contributed by atoms with E-state index in [1.54, 1.807) is 14.2 Å². The minimum absolute atomic E-state index is 0.0274. The van der Waals surface area contributed by atoms with Crippen LogP contribution in [0.5, 0.6) is 5.75 Å². The molecule has 0 saturated carbocycles. The molecule has 0 radical (unpaired) electrons. The Morgan fingerprint density at radius 2 is 2.05 bits per heavy atom. The topological polar surface area (TPSA) is 83.4 Å². The molecule has 0 atom stereocenters. The summed E-state index contributed by atoms with van der Waals surface area (Å²) in [4.78, 5) is 11.8. The number of nitriles is 1. The van der Waals surface area contributed by atoms with Crippen LogP contribution in [0.4, 0.5) is 0 Å². The molecule has 0 heterocycles. The van der Waals surface area contributed by atoms with Crippen molar-refractivity contribution in [1.29, 1.82) is 5.26 Å². The molecule has 0 aliphatic carbocycles. The third kappa shape index (κ3) is 5.97. The van der Waals surface area contributed by atoms with E-state index < -0.39 is 5.91 Å². The Hall–Kier alpha value is -2.52. The molecule has 112 valence electrons. The number of rotatable bonds is 8. The van der Waals surface area contributed by atoms with Crippen molar-refractivity contribution in [3.8, 4) is 11.8 Å². The summed E-state index contributed by atoms with van der Waals surface area (Å²) in [6.45, 7) is 1.38. The molecule has 1 amide bonds. The second kappa shape index (κ2) is 9.39. The highest BCUT2D eigenvalue weighted by molar-refractivity contribution is 5.97. The maximum Gasteiger partial charge on any atom is 0.263 e.